The topological polar surface area (TPSA) is 79.9 Å². The molecule has 1 amide bonds. The molecule has 1 fully saturated rings. The number of ether oxygens (including phenoxy) is 1. The Balaban J connectivity index is 1.86. The van der Waals surface area contributed by atoms with Crippen LogP contribution in [-0.2, 0) is 9.53 Å². The van der Waals surface area contributed by atoms with E-state index in [4.69, 9.17) is 4.74 Å². The van der Waals surface area contributed by atoms with Crippen LogP contribution in [0.25, 0.3) is 0 Å². The van der Waals surface area contributed by atoms with Crippen LogP contribution >= 0.6 is 0 Å². The maximum atomic E-state index is 12.4. The summed E-state index contributed by atoms with van der Waals surface area (Å²) in [6.07, 6.45) is 7.63. The summed E-state index contributed by atoms with van der Waals surface area (Å²) in [5, 5.41) is 9.94. The van der Waals surface area contributed by atoms with Gasteiger partial charge in [0.2, 0.25) is 5.91 Å². The van der Waals surface area contributed by atoms with Crippen LogP contribution in [0.4, 0.5) is 0 Å². The Morgan fingerprint density at radius 3 is 2.59 bits per heavy atom. The summed E-state index contributed by atoms with van der Waals surface area (Å²) in [5.74, 6) is 1.30. The molecule has 1 aromatic rings. The number of amides is 1. The molecule has 1 aliphatic rings. The maximum Gasteiger partial charge on any atom is 0.249 e. The van der Waals surface area contributed by atoms with Gasteiger partial charge in [-0.25, -0.2) is 4.98 Å². The van der Waals surface area contributed by atoms with Gasteiger partial charge in [-0.3, -0.25) is 9.89 Å². The van der Waals surface area contributed by atoms with Gasteiger partial charge in [-0.1, -0.05) is 32.6 Å². The van der Waals surface area contributed by atoms with Crippen molar-refractivity contribution in [2.45, 2.75) is 84.0 Å². The number of hydrogen-bond donors (Lipinski definition) is 2. The standard InChI is InChI=1S/C16H28N4O2/c1-4-14(15-17-12(3)19-20-15)18-16(21)11(2)22-13-9-7-5-6-8-10-13/h11,13-14H,4-10H2,1-3H3,(H,18,21)(H,17,19,20). The molecule has 0 bridgehead atoms. The van der Waals surface area contributed by atoms with Gasteiger partial charge in [-0.05, 0) is 33.1 Å². The van der Waals surface area contributed by atoms with Crippen LogP contribution < -0.4 is 5.32 Å². The second-order valence-electron chi connectivity index (χ2n) is 6.14. The first kappa shape index (κ1) is 16.9. The fraction of sp³-hybridized carbons (Fsp3) is 0.812. The van der Waals surface area contributed by atoms with E-state index in [-0.39, 0.29) is 18.1 Å². The molecule has 22 heavy (non-hydrogen) atoms. The zero-order valence-electron chi connectivity index (χ0n) is 13.9. The first-order valence-corrected chi connectivity index (χ1v) is 8.45. The van der Waals surface area contributed by atoms with E-state index in [0.29, 0.717) is 5.82 Å². The van der Waals surface area contributed by atoms with Gasteiger partial charge in [0.25, 0.3) is 0 Å². The lowest BCUT2D eigenvalue weighted by Gasteiger charge is -2.22. The van der Waals surface area contributed by atoms with Crippen molar-refractivity contribution in [1.82, 2.24) is 20.5 Å². The SMILES string of the molecule is CCC(NC(=O)C(C)OC1CCCCCC1)c1n[nH]c(C)n1. The van der Waals surface area contributed by atoms with Crippen LogP contribution in [0.15, 0.2) is 0 Å². The Morgan fingerprint density at radius 2 is 2.05 bits per heavy atom. The summed E-state index contributed by atoms with van der Waals surface area (Å²) in [4.78, 5) is 16.7. The fourth-order valence-electron chi connectivity index (χ4n) is 2.88. The number of carbonyl (C=O) groups is 1. The predicted molar refractivity (Wildman–Crippen MR) is 84.3 cm³/mol. The maximum absolute atomic E-state index is 12.4. The summed E-state index contributed by atoms with van der Waals surface area (Å²) in [6.45, 7) is 5.69. The van der Waals surface area contributed by atoms with Crippen LogP contribution in [0.1, 0.15) is 76.5 Å². The molecule has 2 unspecified atom stereocenters. The quantitative estimate of drug-likeness (QED) is 0.792. The van der Waals surface area contributed by atoms with E-state index in [9.17, 15) is 4.79 Å². The molecule has 1 aliphatic carbocycles. The number of aryl methyl sites for hydroxylation is 1. The second-order valence-corrected chi connectivity index (χ2v) is 6.14. The van der Waals surface area contributed by atoms with Gasteiger partial charge >= 0.3 is 0 Å². The zero-order valence-corrected chi connectivity index (χ0v) is 13.9. The first-order valence-electron chi connectivity index (χ1n) is 8.45. The molecule has 0 spiro atoms. The van der Waals surface area contributed by atoms with Crippen molar-refractivity contribution in [2.75, 3.05) is 0 Å². The lowest BCUT2D eigenvalue weighted by molar-refractivity contribution is -0.136. The van der Waals surface area contributed by atoms with Crippen molar-refractivity contribution in [1.29, 1.82) is 0 Å². The summed E-state index contributed by atoms with van der Waals surface area (Å²) in [5.41, 5.74) is 0. The molecular formula is C16H28N4O2. The number of rotatable bonds is 6. The molecule has 2 rings (SSSR count). The summed E-state index contributed by atoms with van der Waals surface area (Å²) < 4.78 is 5.96. The van der Waals surface area contributed by atoms with Gasteiger partial charge in [0.15, 0.2) is 5.82 Å². The molecule has 1 heterocycles. The molecule has 124 valence electrons. The van der Waals surface area contributed by atoms with Crippen LogP contribution in [0.5, 0.6) is 0 Å². The molecule has 6 nitrogen and oxygen atoms in total. The number of H-pyrrole nitrogens is 1. The van der Waals surface area contributed by atoms with E-state index >= 15 is 0 Å². The monoisotopic (exact) mass is 308 g/mol. The van der Waals surface area contributed by atoms with Gasteiger partial charge in [-0.15, -0.1) is 0 Å². The average molecular weight is 308 g/mol. The van der Waals surface area contributed by atoms with Crippen molar-refractivity contribution in [3.05, 3.63) is 11.6 Å². The molecule has 0 radical (unpaired) electrons. The third-order valence-corrected chi connectivity index (χ3v) is 4.22. The normalized spacial score (nSPS) is 19.4. The molecule has 6 heteroatoms. The van der Waals surface area contributed by atoms with Crippen LogP contribution in [-0.4, -0.2) is 33.3 Å². The third kappa shape index (κ3) is 4.80. The molecule has 0 saturated heterocycles. The molecule has 2 N–H and O–H groups in total. The van der Waals surface area contributed by atoms with Crippen LogP contribution in [0.3, 0.4) is 0 Å². The van der Waals surface area contributed by atoms with Crippen molar-refractivity contribution in [3.8, 4) is 0 Å². The molecule has 1 saturated carbocycles. The number of aromatic amines is 1. The highest BCUT2D eigenvalue weighted by Gasteiger charge is 2.24. The lowest BCUT2D eigenvalue weighted by atomic mass is 10.1. The highest BCUT2D eigenvalue weighted by molar-refractivity contribution is 5.80. The average Bonchev–Trinajstić information content (AvgIpc) is 2.77. The van der Waals surface area contributed by atoms with E-state index in [2.05, 4.69) is 20.5 Å². The van der Waals surface area contributed by atoms with Crippen molar-refractivity contribution in [2.24, 2.45) is 0 Å². The predicted octanol–water partition coefficient (Wildman–Crippen LogP) is 2.81. The van der Waals surface area contributed by atoms with Crippen molar-refractivity contribution < 1.29 is 9.53 Å². The Labute approximate surface area is 132 Å². The van der Waals surface area contributed by atoms with Crippen molar-refractivity contribution >= 4 is 5.91 Å². The minimum atomic E-state index is -0.433. The number of carbonyl (C=O) groups excluding carboxylic acids is 1. The van der Waals surface area contributed by atoms with Crippen LogP contribution in [0.2, 0.25) is 0 Å². The van der Waals surface area contributed by atoms with Gasteiger partial charge in [0.1, 0.15) is 11.9 Å². The zero-order chi connectivity index (χ0) is 15.9. The van der Waals surface area contributed by atoms with E-state index in [1.807, 2.05) is 20.8 Å². The fourth-order valence-corrected chi connectivity index (χ4v) is 2.88. The van der Waals surface area contributed by atoms with Crippen molar-refractivity contribution in [3.63, 3.8) is 0 Å². The highest BCUT2D eigenvalue weighted by Crippen LogP contribution is 2.21. The van der Waals surface area contributed by atoms with E-state index in [1.165, 1.54) is 25.7 Å². The molecule has 2 atom stereocenters. The highest BCUT2D eigenvalue weighted by atomic mass is 16.5. The molecular weight excluding hydrogens is 280 g/mol. The molecule has 0 aromatic carbocycles. The smallest absolute Gasteiger partial charge is 0.249 e. The Kier molecular flexibility index (Phi) is 6.36. The van der Waals surface area contributed by atoms with E-state index in [0.717, 1.165) is 25.1 Å². The molecule has 0 aliphatic heterocycles. The summed E-state index contributed by atoms with van der Waals surface area (Å²) in [7, 11) is 0. The van der Waals surface area contributed by atoms with Gasteiger partial charge < -0.3 is 10.1 Å². The Hall–Kier alpha value is -1.43. The largest absolute Gasteiger partial charge is 0.365 e. The van der Waals surface area contributed by atoms with Gasteiger partial charge in [0, 0.05) is 0 Å². The number of hydrogen-bond acceptors (Lipinski definition) is 4. The summed E-state index contributed by atoms with van der Waals surface area (Å²) in [6, 6.07) is -0.169. The summed E-state index contributed by atoms with van der Waals surface area (Å²) >= 11 is 0. The number of nitrogens with one attached hydrogen (secondary N) is 2. The van der Waals surface area contributed by atoms with Gasteiger partial charge in [-0.2, -0.15) is 5.10 Å². The Morgan fingerprint density at radius 1 is 1.36 bits per heavy atom. The van der Waals surface area contributed by atoms with E-state index in [1.54, 1.807) is 0 Å². The number of aromatic nitrogens is 3. The first-order chi connectivity index (χ1) is 10.6. The minimum absolute atomic E-state index is 0.0847. The molecule has 1 aromatic heterocycles. The van der Waals surface area contributed by atoms with Crippen LogP contribution in [0, 0.1) is 6.92 Å². The lowest BCUT2D eigenvalue weighted by Crippen LogP contribution is -2.39. The third-order valence-electron chi connectivity index (χ3n) is 4.22. The minimum Gasteiger partial charge on any atom is -0.365 e. The van der Waals surface area contributed by atoms with E-state index < -0.39 is 6.10 Å². The number of nitrogens with zero attached hydrogens (tertiary/aromatic N) is 2. The second kappa shape index (κ2) is 8.27. The Bertz CT molecular complexity index is 466. The van der Waals surface area contributed by atoms with Gasteiger partial charge in [0.05, 0.1) is 12.1 Å².